The lowest BCUT2D eigenvalue weighted by Crippen LogP contribution is -2.05. The van der Waals surface area contributed by atoms with Crippen molar-refractivity contribution in [2.45, 2.75) is 33.2 Å². The molecule has 0 spiro atoms. The zero-order valence-corrected chi connectivity index (χ0v) is 21.0. The largest absolute Gasteiger partial charge is 0.308 e. The Morgan fingerprint density at radius 2 is 1.81 bits per heavy atom. The summed E-state index contributed by atoms with van der Waals surface area (Å²) in [5.41, 5.74) is 7.83. The number of imidazole rings is 1. The number of H-pyrrole nitrogens is 1. The Balaban J connectivity index is 1.33. The lowest BCUT2D eigenvalue weighted by Gasteiger charge is -2.09. The molecule has 6 aromatic rings. The van der Waals surface area contributed by atoms with Crippen molar-refractivity contribution in [3.05, 3.63) is 100 Å². The first-order chi connectivity index (χ1) is 17.7. The van der Waals surface area contributed by atoms with Crippen molar-refractivity contribution in [3.8, 4) is 21.8 Å². The van der Waals surface area contributed by atoms with Crippen molar-refractivity contribution in [3.63, 3.8) is 0 Å². The van der Waals surface area contributed by atoms with Crippen LogP contribution in [-0.2, 0) is 19.4 Å². The zero-order valence-electron chi connectivity index (χ0n) is 20.1. The van der Waals surface area contributed by atoms with Crippen LogP contribution in [-0.4, -0.2) is 35.2 Å². The summed E-state index contributed by atoms with van der Waals surface area (Å²) in [6, 6.07) is 23.5. The van der Waals surface area contributed by atoms with Gasteiger partial charge in [-0.15, -0.1) is 21.5 Å². The molecule has 0 amide bonds. The van der Waals surface area contributed by atoms with Gasteiger partial charge in [0.1, 0.15) is 11.3 Å². The number of pyridine rings is 1. The molecule has 0 saturated heterocycles. The summed E-state index contributed by atoms with van der Waals surface area (Å²) in [5.74, 6) is 1.68. The van der Waals surface area contributed by atoms with E-state index >= 15 is 0 Å². The minimum Gasteiger partial charge on any atom is -0.308 e. The predicted octanol–water partition coefficient (Wildman–Crippen LogP) is 5.85. The summed E-state index contributed by atoms with van der Waals surface area (Å²) in [5, 5.41) is 14.9. The van der Waals surface area contributed by atoms with Gasteiger partial charge in [-0.2, -0.15) is 5.21 Å². The van der Waals surface area contributed by atoms with Crippen LogP contribution in [0, 0.1) is 6.92 Å². The average molecular weight is 492 g/mol. The van der Waals surface area contributed by atoms with Gasteiger partial charge < -0.3 is 4.57 Å². The standard InChI is InChI=1S/C28H25N7S/c1-3-24-30-25-18(2)13-14-29-28(25)35(24)17-20-9-11-21(12-10-20)23-16-22(15-19-7-5-4-6-8-19)36-26(23)27-31-33-34-32-27/h4-14,16H,3,15,17H2,1-2H3,(H,31,32,33,34). The highest BCUT2D eigenvalue weighted by molar-refractivity contribution is 7.16. The maximum absolute atomic E-state index is 4.85. The smallest absolute Gasteiger partial charge is 0.215 e. The minimum absolute atomic E-state index is 0.623. The number of thiophene rings is 1. The molecule has 0 radical (unpaired) electrons. The van der Waals surface area contributed by atoms with Crippen LogP contribution >= 0.6 is 11.3 Å². The number of aromatic nitrogens is 7. The first-order valence-electron chi connectivity index (χ1n) is 12.0. The molecule has 0 aliphatic rings. The zero-order chi connectivity index (χ0) is 24.5. The Hall–Kier alpha value is -4.17. The SMILES string of the molecule is CCc1nc2c(C)ccnc2n1Cc1ccc(-c2cc(Cc3ccccc3)sc2-c2nn[nH]n2)cc1. The number of aryl methyl sites for hydroxylation is 2. The second kappa shape index (κ2) is 9.47. The maximum atomic E-state index is 4.85. The first-order valence-corrected chi connectivity index (χ1v) is 12.8. The van der Waals surface area contributed by atoms with Crippen LogP contribution in [0.2, 0.25) is 0 Å². The molecule has 0 bridgehead atoms. The molecule has 0 atom stereocenters. The summed E-state index contributed by atoms with van der Waals surface area (Å²) >= 11 is 1.72. The van der Waals surface area contributed by atoms with E-state index in [1.165, 1.54) is 16.0 Å². The van der Waals surface area contributed by atoms with E-state index in [0.717, 1.165) is 57.9 Å². The Labute approximate surface area is 212 Å². The molecule has 4 heterocycles. The van der Waals surface area contributed by atoms with Crippen molar-refractivity contribution in [2.24, 2.45) is 0 Å². The predicted molar refractivity (Wildman–Crippen MR) is 143 cm³/mol. The molecule has 6 rings (SSSR count). The fraction of sp³-hybridized carbons (Fsp3) is 0.179. The molecule has 2 aromatic carbocycles. The van der Waals surface area contributed by atoms with Gasteiger partial charge in [0.15, 0.2) is 5.65 Å². The molecule has 0 unspecified atom stereocenters. The third-order valence-electron chi connectivity index (χ3n) is 6.39. The highest BCUT2D eigenvalue weighted by atomic mass is 32.1. The Kier molecular flexibility index (Phi) is 5.87. The monoisotopic (exact) mass is 491 g/mol. The maximum Gasteiger partial charge on any atom is 0.215 e. The number of nitrogens with one attached hydrogen (secondary N) is 1. The fourth-order valence-corrected chi connectivity index (χ4v) is 5.70. The molecule has 4 aromatic heterocycles. The number of hydrogen-bond acceptors (Lipinski definition) is 6. The number of hydrogen-bond donors (Lipinski definition) is 1. The molecule has 0 aliphatic carbocycles. The topological polar surface area (TPSA) is 85.2 Å². The van der Waals surface area contributed by atoms with Crippen molar-refractivity contribution < 1.29 is 0 Å². The van der Waals surface area contributed by atoms with Gasteiger partial charge in [-0.25, -0.2) is 9.97 Å². The fourth-order valence-electron chi connectivity index (χ4n) is 4.56. The van der Waals surface area contributed by atoms with Crippen LogP contribution in [0.25, 0.3) is 33.0 Å². The van der Waals surface area contributed by atoms with Crippen molar-refractivity contribution in [2.75, 3.05) is 0 Å². The molecular formula is C28H25N7S. The first kappa shape index (κ1) is 22.3. The third-order valence-corrected chi connectivity index (χ3v) is 7.52. The number of rotatable bonds is 7. The molecule has 0 fully saturated rings. The van der Waals surface area contributed by atoms with Crippen LogP contribution in [0.4, 0.5) is 0 Å². The Morgan fingerprint density at radius 3 is 2.56 bits per heavy atom. The minimum atomic E-state index is 0.623. The summed E-state index contributed by atoms with van der Waals surface area (Å²) in [6.07, 6.45) is 3.59. The Morgan fingerprint density at radius 1 is 0.972 bits per heavy atom. The van der Waals surface area contributed by atoms with Crippen LogP contribution in [0.5, 0.6) is 0 Å². The van der Waals surface area contributed by atoms with E-state index in [1.54, 1.807) is 11.3 Å². The summed E-state index contributed by atoms with van der Waals surface area (Å²) < 4.78 is 2.23. The molecular weight excluding hydrogens is 466 g/mol. The third kappa shape index (κ3) is 4.20. The van der Waals surface area contributed by atoms with E-state index in [4.69, 9.17) is 4.98 Å². The normalized spacial score (nSPS) is 11.4. The van der Waals surface area contributed by atoms with E-state index in [0.29, 0.717) is 5.82 Å². The summed E-state index contributed by atoms with van der Waals surface area (Å²) in [6.45, 7) is 4.96. The molecule has 36 heavy (non-hydrogen) atoms. The van der Waals surface area contributed by atoms with Crippen molar-refractivity contribution in [1.82, 2.24) is 35.2 Å². The van der Waals surface area contributed by atoms with Gasteiger partial charge in [-0.1, -0.05) is 61.5 Å². The van der Waals surface area contributed by atoms with Gasteiger partial charge in [0.25, 0.3) is 0 Å². The van der Waals surface area contributed by atoms with Crippen molar-refractivity contribution >= 4 is 22.5 Å². The van der Waals surface area contributed by atoms with E-state index in [2.05, 4.69) is 98.6 Å². The van der Waals surface area contributed by atoms with Gasteiger partial charge in [0.2, 0.25) is 5.82 Å². The highest BCUT2D eigenvalue weighted by Gasteiger charge is 2.17. The van der Waals surface area contributed by atoms with E-state index in [-0.39, 0.29) is 0 Å². The molecule has 8 heteroatoms. The van der Waals surface area contributed by atoms with Gasteiger partial charge in [-0.3, -0.25) is 0 Å². The van der Waals surface area contributed by atoms with Crippen LogP contribution < -0.4 is 0 Å². The second-order valence-electron chi connectivity index (χ2n) is 8.82. The van der Waals surface area contributed by atoms with Crippen LogP contribution in [0.15, 0.2) is 72.9 Å². The number of fused-ring (bicyclic) bond motifs is 1. The summed E-state index contributed by atoms with van der Waals surface area (Å²) in [7, 11) is 0. The number of tetrazole rings is 1. The number of nitrogens with zero attached hydrogens (tertiary/aromatic N) is 6. The molecule has 7 nitrogen and oxygen atoms in total. The van der Waals surface area contributed by atoms with Gasteiger partial charge in [0.05, 0.1) is 11.4 Å². The summed E-state index contributed by atoms with van der Waals surface area (Å²) in [4.78, 5) is 11.8. The van der Waals surface area contributed by atoms with E-state index in [9.17, 15) is 0 Å². The van der Waals surface area contributed by atoms with Crippen molar-refractivity contribution in [1.29, 1.82) is 0 Å². The number of aromatic amines is 1. The Bertz CT molecular complexity index is 1610. The second-order valence-corrected chi connectivity index (χ2v) is 9.95. The molecule has 178 valence electrons. The van der Waals surface area contributed by atoms with E-state index in [1.807, 2.05) is 18.3 Å². The highest BCUT2D eigenvalue weighted by Crippen LogP contribution is 2.38. The molecule has 0 aliphatic heterocycles. The van der Waals surface area contributed by atoms with Gasteiger partial charge in [-0.05, 0) is 46.5 Å². The van der Waals surface area contributed by atoms with Crippen LogP contribution in [0.3, 0.4) is 0 Å². The van der Waals surface area contributed by atoms with Gasteiger partial charge >= 0.3 is 0 Å². The molecule has 0 saturated carbocycles. The van der Waals surface area contributed by atoms with E-state index < -0.39 is 0 Å². The average Bonchev–Trinajstić information content (AvgIpc) is 3.65. The lowest BCUT2D eigenvalue weighted by atomic mass is 10.0. The quantitative estimate of drug-likeness (QED) is 0.303. The van der Waals surface area contributed by atoms with Gasteiger partial charge in [0, 0.05) is 29.5 Å². The van der Waals surface area contributed by atoms with Crippen LogP contribution in [0.1, 0.15) is 34.3 Å². The molecule has 1 N–H and O–H groups in total. The lowest BCUT2D eigenvalue weighted by molar-refractivity contribution is 0.746. The number of benzene rings is 2.